The number of aryl methyl sites for hydroxylation is 1. The van der Waals surface area contributed by atoms with Gasteiger partial charge in [0.05, 0.1) is 11.8 Å². The van der Waals surface area contributed by atoms with Gasteiger partial charge in [-0.05, 0) is 24.6 Å². The van der Waals surface area contributed by atoms with Gasteiger partial charge in [-0.3, -0.25) is 4.79 Å². The van der Waals surface area contributed by atoms with Crippen LogP contribution in [0.4, 0.5) is 0 Å². The fourth-order valence-corrected chi connectivity index (χ4v) is 2.71. The SMILES string of the molecule is CC(=O)N1N=C(c2cccc(O)c2)C[C@@H]1c1ccc(C)cc1. The van der Waals surface area contributed by atoms with Crippen LogP contribution in [0.15, 0.2) is 53.6 Å². The molecule has 3 rings (SSSR count). The van der Waals surface area contributed by atoms with Gasteiger partial charge < -0.3 is 5.11 Å². The highest BCUT2D eigenvalue weighted by Crippen LogP contribution is 2.33. The van der Waals surface area contributed by atoms with E-state index in [2.05, 4.69) is 5.10 Å². The number of benzene rings is 2. The molecule has 4 heteroatoms. The minimum atomic E-state index is -0.0875. The maximum absolute atomic E-state index is 11.9. The first-order valence-electron chi connectivity index (χ1n) is 7.28. The van der Waals surface area contributed by atoms with Gasteiger partial charge in [0.2, 0.25) is 5.91 Å². The normalized spacial score (nSPS) is 17.5. The van der Waals surface area contributed by atoms with Crippen molar-refractivity contribution in [2.75, 3.05) is 0 Å². The molecule has 1 atom stereocenters. The molecule has 1 heterocycles. The number of phenolic OH excluding ortho intramolecular Hbond substituents is 1. The lowest BCUT2D eigenvalue weighted by Gasteiger charge is -2.20. The molecule has 1 aliphatic rings. The summed E-state index contributed by atoms with van der Waals surface area (Å²) in [4.78, 5) is 11.9. The van der Waals surface area contributed by atoms with Crippen molar-refractivity contribution in [2.24, 2.45) is 5.10 Å². The van der Waals surface area contributed by atoms with Crippen LogP contribution in [0, 0.1) is 6.92 Å². The van der Waals surface area contributed by atoms with E-state index in [1.807, 2.05) is 37.3 Å². The van der Waals surface area contributed by atoms with E-state index in [1.165, 1.54) is 17.5 Å². The fraction of sp³-hybridized carbons (Fsp3) is 0.222. The third-order valence-electron chi connectivity index (χ3n) is 3.87. The first kappa shape index (κ1) is 14.3. The second-order valence-electron chi connectivity index (χ2n) is 5.59. The predicted molar refractivity (Wildman–Crippen MR) is 85.7 cm³/mol. The number of hydrogen-bond donors (Lipinski definition) is 1. The highest BCUT2D eigenvalue weighted by Gasteiger charge is 2.31. The molecule has 4 nitrogen and oxygen atoms in total. The largest absolute Gasteiger partial charge is 0.508 e. The summed E-state index contributed by atoms with van der Waals surface area (Å²) in [5.41, 5.74) is 3.92. The first-order chi connectivity index (χ1) is 10.5. The van der Waals surface area contributed by atoms with Crippen LogP contribution < -0.4 is 0 Å². The number of carbonyl (C=O) groups is 1. The van der Waals surface area contributed by atoms with Crippen LogP contribution >= 0.6 is 0 Å². The summed E-state index contributed by atoms with van der Waals surface area (Å²) in [5, 5.41) is 15.6. The van der Waals surface area contributed by atoms with Crippen molar-refractivity contribution in [2.45, 2.75) is 26.3 Å². The van der Waals surface area contributed by atoms with E-state index < -0.39 is 0 Å². The Hall–Kier alpha value is -2.62. The molecule has 1 N–H and O–H groups in total. The van der Waals surface area contributed by atoms with E-state index in [1.54, 1.807) is 18.2 Å². The van der Waals surface area contributed by atoms with Crippen molar-refractivity contribution in [1.82, 2.24) is 5.01 Å². The lowest BCUT2D eigenvalue weighted by Crippen LogP contribution is -2.24. The summed E-state index contributed by atoms with van der Waals surface area (Å²) in [6, 6.07) is 15.1. The lowest BCUT2D eigenvalue weighted by atomic mass is 9.97. The Labute approximate surface area is 129 Å². The van der Waals surface area contributed by atoms with E-state index >= 15 is 0 Å². The predicted octanol–water partition coefficient (Wildman–Crippen LogP) is 3.40. The Morgan fingerprint density at radius 1 is 1.23 bits per heavy atom. The maximum Gasteiger partial charge on any atom is 0.240 e. The van der Waals surface area contributed by atoms with Gasteiger partial charge in [0.25, 0.3) is 0 Å². The first-order valence-corrected chi connectivity index (χ1v) is 7.28. The minimum absolute atomic E-state index is 0.0827. The van der Waals surface area contributed by atoms with Gasteiger partial charge in [-0.2, -0.15) is 5.10 Å². The van der Waals surface area contributed by atoms with Crippen molar-refractivity contribution in [1.29, 1.82) is 0 Å². The molecule has 1 aliphatic heterocycles. The average Bonchev–Trinajstić information content (AvgIpc) is 2.93. The third kappa shape index (κ3) is 2.72. The quantitative estimate of drug-likeness (QED) is 0.923. The molecule has 22 heavy (non-hydrogen) atoms. The molecular weight excluding hydrogens is 276 g/mol. The number of rotatable bonds is 2. The van der Waals surface area contributed by atoms with Crippen LogP contribution in [0.3, 0.4) is 0 Å². The molecule has 112 valence electrons. The van der Waals surface area contributed by atoms with Gasteiger partial charge in [-0.25, -0.2) is 5.01 Å². The van der Waals surface area contributed by atoms with Gasteiger partial charge in [0.1, 0.15) is 5.75 Å². The number of nitrogens with zero attached hydrogens (tertiary/aromatic N) is 2. The molecule has 0 aromatic heterocycles. The van der Waals surface area contributed by atoms with Gasteiger partial charge in [-0.15, -0.1) is 0 Å². The molecule has 0 aliphatic carbocycles. The average molecular weight is 294 g/mol. The number of phenols is 1. The third-order valence-corrected chi connectivity index (χ3v) is 3.87. The van der Waals surface area contributed by atoms with E-state index in [-0.39, 0.29) is 17.7 Å². The second-order valence-corrected chi connectivity index (χ2v) is 5.59. The maximum atomic E-state index is 11.9. The molecule has 0 bridgehead atoms. The number of aromatic hydroxyl groups is 1. The van der Waals surface area contributed by atoms with Crippen molar-refractivity contribution in [3.8, 4) is 5.75 Å². The molecule has 2 aromatic carbocycles. The van der Waals surface area contributed by atoms with Crippen molar-refractivity contribution in [3.63, 3.8) is 0 Å². The molecule has 1 amide bonds. The van der Waals surface area contributed by atoms with Crippen molar-refractivity contribution in [3.05, 3.63) is 65.2 Å². The molecule has 0 fully saturated rings. The summed E-state index contributed by atoms with van der Waals surface area (Å²) in [6.45, 7) is 3.56. The Kier molecular flexibility index (Phi) is 3.67. The van der Waals surface area contributed by atoms with E-state index in [4.69, 9.17) is 0 Å². The molecule has 0 spiro atoms. The van der Waals surface area contributed by atoms with Crippen LogP contribution in [0.1, 0.15) is 36.1 Å². The zero-order chi connectivity index (χ0) is 15.7. The van der Waals surface area contributed by atoms with Gasteiger partial charge in [-0.1, -0.05) is 42.0 Å². The van der Waals surface area contributed by atoms with Crippen LogP contribution in [0.5, 0.6) is 5.75 Å². The van der Waals surface area contributed by atoms with Crippen LogP contribution in [-0.4, -0.2) is 21.7 Å². The number of amides is 1. The zero-order valence-corrected chi connectivity index (χ0v) is 12.7. The molecular formula is C18H18N2O2. The number of hydrogen-bond acceptors (Lipinski definition) is 3. The summed E-state index contributed by atoms with van der Waals surface area (Å²) in [6.07, 6.45) is 0.645. The molecule has 0 radical (unpaired) electrons. The molecule has 0 unspecified atom stereocenters. The van der Waals surface area contributed by atoms with Crippen molar-refractivity contribution < 1.29 is 9.90 Å². The minimum Gasteiger partial charge on any atom is -0.508 e. The van der Waals surface area contributed by atoms with Gasteiger partial charge in [0.15, 0.2) is 0 Å². The van der Waals surface area contributed by atoms with Gasteiger partial charge >= 0.3 is 0 Å². The van der Waals surface area contributed by atoms with Crippen molar-refractivity contribution >= 4 is 11.6 Å². The highest BCUT2D eigenvalue weighted by molar-refractivity contribution is 6.03. The second kappa shape index (κ2) is 5.64. The van der Waals surface area contributed by atoms with E-state index in [9.17, 15) is 9.90 Å². The van der Waals surface area contributed by atoms with E-state index in [0.29, 0.717) is 6.42 Å². The van der Waals surface area contributed by atoms with Gasteiger partial charge in [0, 0.05) is 18.9 Å². The van der Waals surface area contributed by atoms with Crippen LogP contribution in [-0.2, 0) is 4.79 Å². The zero-order valence-electron chi connectivity index (χ0n) is 12.7. The van der Waals surface area contributed by atoms with Crippen LogP contribution in [0.2, 0.25) is 0 Å². The molecule has 2 aromatic rings. The Balaban J connectivity index is 1.94. The summed E-state index contributed by atoms with van der Waals surface area (Å²) < 4.78 is 0. The van der Waals surface area contributed by atoms with E-state index in [0.717, 1.165) is 16.8 Å². The Morgan fingerprint density at radius 3 is 2.59 bits per heavy atom. The number of hydrazone groups is 1. The monoisotopic (exact) mass is 294 g/mol. The molecule has 0 saturated carbocycles. The Bertz CT molecular complexity index is 735. The van der Waals surface area contributed by atoms with Crippen LogP contribution in [0.25, 0.3) is 0 Å². The Morgan fingerprint density at radius 2 is 1.95 bits per heavy atom. The number of carbonyl (C=O) groups excluding carboxylic acids is 1. The topological polar surface area (TPSA) is 52.9 Å². The fourth-order valence-electron chi connectivity index (χ4n) is 2.71. The smallest absolute Gasteiger partial charge is 0.240 e. The summed E-state index contributed by atoms with van der Waals surface area (Å²) >= 11 is 0. The summed E-state index contributed by atoms with van der Waals surface area (Å²) in [7, 11) is 0. The molecule has 0 saturated heterocycles. The highest BCUT2D eigenvalue weighted by atomic mass is 16.3. The standard InChI is InChI=1S/C18H18N2O2/c1-12-6-8-14(9-7-12)18-11-17(19-20(18)13(2)21)15-4-3-5-16(22)10-15/h3-10,18,22H,11H2,1-2H3/t18-/m1/s1. The lowest BCUT2D eigenvalue weighted by molar-refractivity contribution is -0.130. The summed E-state index contributed by atoms with van der Waals surface area (Å²) in [5.74, 6) is 0.120.